The second kappa shape index (κ2) is 10.7. The number of methoxy groups -OCH3 is 1. The SMILES string of the molecule is COc1cc(CNCCCN2CCCC2=O)cc(Cl)c1OCc1ccccc1Cl. The molecule has 1 aliphatic rings. The van der Waals surface area contributed by atoms with Crippen LogP contribution in [-0.4, -0.2) is 37.6 Å². The Morgan fingerprint density at radius 1 is 1.17 bits per heavy atom. The van der Waals surface area contributed by atoms with Gasteiger partial charge in [-0.1, -0.05) is 41.4 Å². The van der Waals surface area contributed by atoms with Gasteiger partial charge < -0.3 is 19.7 Å². The third-order valence-corrected chi connectivity index (χ3v) is 5.55. The predicted octanol–water partition coefficient (Wildman–Crippen LogP) is 4.68. The van der Waals surface area contributed by atoms with Gasteiger partial charge in [0.25, 0.3) is 0 Å². The van der Waals surface area contributed by atoms with Crippen molar-refractivity contribution in [2.24, 2.45) is 0 Å². The lowest BCUT2D eigenvalue weighted by molar-refractivity contribution is -0.127. The summed E-state index contributed by atoms with van der Waals surface area (Å²) in [6, 6.07) is 11.3. The van der Waals surface area contributed by atoms with Crippen molar-refractivity contribution in [3.8, 4) is 11.5 Å². The van der Waals surface area contributed by atoms with E-state index in [1.54, 1.807) is 7.11 Å². The summed E-state index contributed by atoms with van der Waals surface area (Å²) in [6.45, 7) is 3.50. The number of rotatable bonds is 10. The first-order valence-corrected chi connectivity index (χ1v) is 10.5. The topological polar surface area (TPSA) is 50.8 Å². The predicted molar refractivity (Wildman–Crippen MR) is 116 cm³/mol. The highest BCUT2D eigenvalue weighted by Gasteiger charge is 2.19. The largest absolute Gasteiger partial charge is 0.493 e. The van der Waals surface area contributed by atoms with Gasteiger partial charge in [-0.3, -0.25) is 4.79 Å². The average molecular weight is 437 g/mol. The molecule has 1 saturated heterocycles. The second-order valence-electron chi connectivity index (χ2n) is 7.00. The molecule has 3 rings (SSSR count). The Hall–Kier alpha value is -1.95. The summed E-state index contributed by atoms with van der Waals surface area (Å²) < 4.78 is 11.4. The zero-order valence-corrected chi connectivity index (χ0v) is 18.1. The fourth-order valence-corrected chi connectivity index (χ4v) is 3.83. The summed E-state index contributed by atoms with van der Waals surface area (Å²) in [5, 5.41) is 4.54. The number of benzene rings is 2. The minimum atomic E-state index is 0.272. The van der Waals surface area contributed by atoms with Gasteiger partial charge in [-0.05, 0) is 43.1 Å². The maximum Gasteiger partial charge on any atom is 0.222 e. The number of ether oxygens (including phenoxy) is 2. The molecule has 1 amide bonds. The van der Waals surface area contributed by atoms with Gasteiger partial charge in [0.2, 0.25) is 5.91 Å². The van der Waals surface area contributed by atoms with Gasteiger partial charge >= 0.3 is 0 Å². The molecule has 0 spiro atoms. The van der Waals surface area contributed by atoms with Crippen LogP contribution in [0.3, 0.4) is 0 Å². The quantitative estimate of drug-likeness (QED) is 0.549. The van der Waals surface area contributed by atoms with E-state index in [2.05, 4.69) is 5.32 Å². The summed E-state index contributed by atoms with van der Waals surface area (Å²) in [4.78, 5) is 13.6. The molecule has 1 fully saturated rings. The molecule has 29 heavy (non-hydrogen) atoms. The van der Waals surface area contributed by atoms with Crippen LogP contribution in [-0.2, 0) is 17.9 Å². The van der Waals surface area contributed by atoms with E-state index in [0.717, 1.165) is 43.6 Å². The molecule has 5 nitrogen and oxygen atoms in total. The minimum Gasteiger partial charge on any atom is -0.493 e. The monoisotopic (exact) mass is 436 g/mol. The fraction of sp³-hybridized carbons (Fsp3) is 0.409. The van der Waals surface area contributed by atoms with Crippen LogP contribution in [0.25, 0.3) is 0 Å². The molecule has 1 heterocycles. The third kappa shape index (κ3) is 6.01. The van der Waals surface area contributed by atoms with Gasteiger partial charge in [0.15, 0.2) is 11.5 Å². The lowest BCUT2D eigenvalue weighted by Crippen LogP contribution is -2.28. The molecule has 0 bridgehead atoms. The molecule has 0 radical (unpaired) electrons. The standard InChI is InChI=1S/C22H26Cl2N2O3/c1-28-20-13-16(14-25-9-5-11-26-10-4-8-21(26)27)12-19(24)22(20)29-15-17-6-2-3-7-18(17)23/h2-3,6-7,12-13,25H,4-5,8-11,14-15H2,1H3. The van der Waals surface area contributed by atoms with Gasteiger partial charge in [-0.15, -0.1) is 0 Å². The molecule has 0 unspecified atom stereocenters. The Bertz CT molecular complexity index is 845. The highest BCUT2D eigenvalue weighted by Crippen LogP contribution is 2.37. The number of nitrogens with zero attached hydrogens (tertiary/aromatic N) is 1. The van der Waals surface area contributed by atoms with Crippen molar-refractivity contribution >= 4 is 29.1 Å². The van der Waals surface area contributed by atoms with E-state index < -0.39 is 0 Å². The molecule has 2 aromatic carbocycles. The highest BCUT2D eigenvalue weighted by atomic mass is 35.5. The molecule has 0 saturated carbocycles. The lowest BCUT2D eigenvalue weighted by atomic mass is 10.2. The molecular weight excluding hydrogens is 411 g/mol. The molecule has 1 aliphatic heterocycles. The highest BCUT2D eigenvalue weighted by molar-refractivity contribution is 6.32. The van der Waals surface area contributed by atoms with E-state index in [0.29, 0.717) is 41.1 Å². The molecule has 2 aromatic rings. The number of carbonyl (C=O) groups excluding carboxylic acids is 1. The van der Waals surface area contributed by atoms with Crippen LogP contribution in [0.4, 0.5) is 0 Å². The first-order chi connectivity index (χ1) is 14.1. The number of hydrogen-bond acceptors (Lipinski definition) is 4. The average Bonchev–Trinajstić information content (AvgIpc) is 3.12. The lowest BCUT2D eigenvalue weighted by Gasteiger charge is -2.16. The van der Waals surface area contributed by atoms with Crippen molar-refractivity contribution < 1.29 is 14.3 Å². The zero-order valence-electron chi connectivity index (χ0n) is 16.5. The van der Waals surface area contributed by atoms with Crippen LogP contribution in [0, 0.1) is 0 Å². The number of carbonyl (C=O) groups is 1. The van der Waals surface area contributed by atoms with Crippen LogP contribution < -0.4 is 14.8 Å². The van der Waals surface area contributed by atoms with Crippen LogP contribution >= 0.6 is 23.2 Å². The van der Waals surface area contributed by atoms with Crippen molar-refractivity contribution in [3.63, 3.8) is 0 Å². The third-order valence-electron chi connectivity index (χ3n) is 4.90. The van der Waals surface area contributed by atoms with E-state index in [1.807, 2.05) is 41.3 Å². The van der Waals surface area contributed by atoms with Crippen molar-refractivity contribution in [2.75, 3.05) is 26.7 Å². The molecule has 156 valence electrons. The zero-order chi connectivity index (χ0) is 20.6. The number of amides is 1. The van der Waals surface area contributed by atoms with Crippen LogP contribution in [0.15, 0.2) is 36.4 Å². The Morgan fingerprint density at radius 2 is 2.00 bits per heavy atom. The molecular formula is C22H26Cl2N2O3. The van der Waals surface area contributed by atoms with Gasteiger partial charge in [0.1, 0.15) is 6.61 Å². The first-order valence-electron chi connectivity index (χ1n) is 9.79. The van der Waals surface area contributed by atoms with Crippen molar-refractivity contribution in [1.82, 2.24) is 10.2 Å². The van der Waals surface area contributed by atoms with Crippen LogP contribution in [0.2, 0.25) is 10.0 Å². The van der Waals surface area contributed by atoms with E-state index >= 15 is 0 Å². The van der Waals surface area contributed by atoms with E-state index in [1.165, 1.54) is 0 Å². The molecule has 1 N–H and O–H groups in total. The summed E-state index contributed by atoms with van der Waals surface area (Å²) in [5.74, 6) is 1.36. The van der Waals surface area contributed by atoms with Crippen molar-refractivity contribution in [3.05, 3.63) is 57.6 Å². The van der Waals surface area contributed by atoms with Crippen molar-refractivity contribution in [1.29, 1.82) is 0 Å². The van der Waals surface area contributed by atoms with E-state index in [4.69, 9.17) is 32.7 Å². The first kappa shape index (κ1) is 21.8. The number of likely N-dealkylation sites (tertiary alicyclic amines) is 1. The Morgan fingerprint density at radius 3 is 2.72 bits per heavy atom. The molecule has 7 heteroatoms. The van der Waals surface area contributed by atoms with Crippen molar-refractivity contribution in [2.45, 2.75) is 32.4 Å². The smallest absolute Gasteiger partial charge is 0.222 e. The second-order valence-corrected chi connectivity index (χ2v) is 7.82. The summed E-state index contributed by atoms with van der Waals surface area (Å²) in [7, 11) is 1.60. The van der Waals surface area contributed by atoms with E-state index in [-0.39, 0.29) is 5.91 Å². The van der Waals surface area contributed by atoms with Crippen LogP contribution in [0.5, 0.6) is 11.5 Å². The van der Waals surface area contributed by atoms with E-state index in [9.17, 15) is 4.79 Å². The number of hydrogen-bond donors (Lipinski definition) is 1. The van der Waals surface area contributed by atoms with Gasteiger partial charge in [-0.25, -0.2) is 0 Å². The summed E-state index contributed by atoms with van der Waals surface area (Å²) >= 11 is 12.6. The minimum absolute atomic E-state index is 0.272. The Balaban J connectivity index is 1.52. The van der Waals surface area contributed by atoms with Crippen LogP contribution in [0.1, 0.15) is 30.4 Å². The van der Waals surface area contributed by atoms with Gasteiger partial charge in [0, 0.05) is 36.6 Å². The summed E-state index contributed by atoms with van der Waals surface area (Å²) in [5.41, 5.74) is 1.89. The normalized spacial score (nSPS) is 13.8. The Labute approximate surface area is 181 Å². The van der Waals surface area contributed by atoms with Gasteiger partial charge in [0.05, 0.1) is 12.1 Å². The maximum atomic E-state index is 11.6. The molecule has 0 atom stereocenters. The number of nitrogens with one attached hydrogen (secondary N) is 1. The molecule has 0 aromatic heterocycles. The van der Waals surface area contributed by atoms with Gasteiger partial charge in [-0.2, -0.15) is 0 Å². The number of halogens is 2. The summed E-state index contributed by atoms with van der Waals surface area (Å²) in [6.07, 6.45) is 2.60. The molecule has 0 aliphatic carbocycles. The Kier molecular flexibility index (Phi) is 8.04. The fourth-order valence-electron chi connectivity index (χ4n) is 3.35. The maximum absolute atomic E-state index is 11.6.